The minimum Gasteiger partial charge on any atom is -0.310 e. The molecule has 332 valence electrons. The first kappa shape index (κ1) is 40.8. The van der Waals surface area contributed by atoms with Crippen molar-refractivity contribution in [2.75, 3.05) is 9.80 Å². The third kappa shape index (κ3) is 6.21. The van der Waals surface area contributed by atoms with Gasteiger partial charge in [0.1, 0.15) is 0 Å². The van der Waals surface area contributed by atoms with Crippen molar-refractivity contribution in [3.63, 3.8) is 0 Å². The molecule has 1 heterocycles. The summed E-state index contributed by atoms with van der Waals surface area (Å²) in [6.45, 7) is 0. The standard InChI is InChI=1S/C69H46N2/c1-2-25-50(26-3-1)71-65-40-16-13-36-61(65)69(62-37-14-17-41-66(62)71)60-35-12-10-32-59(60)68-63(69)38-20-42-67(68)70(51-45-43-49(44-46-51)53-33-18-23-47-21-4-6-27-52(47)53)64-39-15-11-31-58(64)57-30-9-8-29-56(57)55-34-19-24-48-22-5-7-28-54(48)55/h1-46H. The number of rotatable bonds is 7. The van der Waals surface area contributed by atoms with Crippen LogP contribution in [0.2, 0.25) is 0 Å². The summed E-state index contributed by atoms with van der Waals surface area (Å²) in [5.74, 6) is 0. The molecule has 14 rings (SSSR count). The number of para-hydroxylation sites is 4. The van der Waals surface area contributed by atoms with Gasteiger partial charge in [-0.25, -0.2) is 0 Å². The third-order valence-corrected chi connectivity index (χ3v) is 15.1. The molecule has 2 nitrogen and oxygen atoms in total. The lowest BCUT2D eigenvalue weighted by Gasteiger charge is -2.45. The summed E-state index contributed by atoms with van der Waals surface area (Å²) in [6.07, 6.45) is 0. The van der Waals surface area contributed by atoms with Crippen LogP contribution >= 0.6 is 0 Å². The second-order valence-electron chi connectivity index (χ2n) is 18.7. The van der Waals surface area contributed by atoms with Gasteiger partial charge in [-0.2, -0.15) is 0 Å². The highest BCUT2D eigenvalue weighted by atomic mass is 15.2. The molecule has 0 N–H and O–H groups in total. The highest BCUT2D eigenvalue weighted by molar-refractivity contribution is 6.06. The van der Waals surface area contributed by atoms with Gasteiger partial charge in [0.05, 0.1) is 28.2 Å². The summed E-state index contributed by atoms with van der Waals surface area (Å²) in [7, 11) is 0. The van der Waals surface area contributed by atoms with Crippen LogP contribution in [0.1, 0.15) is 22.3 Å². The summed E-state index contributed by atoms with van der Waals surface area (Å²) in [5.41, 5.74) is 20.9. The molecule has 71 heavy (non-hydrogen) atoms. The molecule has 0 saturated carbocycles. The minimum absolute atomic E-state index is 0.606. The molecule has 12 aromatic carbocycles. The summed E-state index contributed by atoms with van der Waals surface area (Å²) in [4.78, 5) is 4.99. The maximum Gasteiger partial charge on any atom is 0.0755 e. The van der Waals surface area contributed by atoms with E-state index in [2.05, 4.69) is 289 Å². The summed E-state index contributed by atoms with van der Waals surface area (Å²) in [6, 6.07) is 103. The molecular formula is C69H46N2. The molecule has 0 saturated heterocycles. The molecule has 0 aromatic heterocycles. The van der Waals surface area contributed by atoms with Crippen molar-refractivity contribution >= 4 is 55.7 Å². The molecule has 2 aliphatic rings. The maximum absolute atomic E-state index is 2.54. The number of anilines is 6. The fourth-order valence-corrected chi connectivity index (χ4v) is 12.2. The fourth-order valence-electron chi connectivity index (χ4n) is 12.2. The van der Waals surface area contributed by atoms with Gasteiger partial charge in [-0.3, -0.25) is 0 Å². The zero-order valence-electron chi connectivity index (χ0n) is 39.0. The fraction of sp³-hybridized carbons (Fsp3) is 0.0145. The number of nitrogens with zero attached hydrogens (tertiary/aromatic N) is 2. The maximum atomic E-state index is 2.54. The number of benzene rings is 12. The first-order valence-electron chi connectivity index (χ1n) is 24.6. The molecule has 0 fully saturated rings. The van der Waals surface area contributed by atoms with Gasteiger partial charge in [0, 0.05) is 22.5 Å². The first-order chi connectivity index (χ1) is 35.3. The molecule has 12 aromatic rings. The van der Waals surface area contributed by atoms with Crippen molar-refractivity contribution in [3.05, 3.63) is 301 Å². The molecule has 2 heteroatoms. The zero-order valence-corrected chi connectivity index (χ0v) is 39.0. The highest BCUT2D eigenvalue weighted by Crippen LogP contribution is 2.65. The molecule has 1 aliphatic carbocycles. The van der Waals surface area contributed by atoms with E-state index in [4.69, 9.17) is 0 Å². The number of fused-ring (bicyclic) bond motifs is 11. The predicted molar refractivity (Wildman–Crippen MR) is 298 cm³/mol. The second kappa shape index (κ2) is 16.5. The van der Waals surface area contributed by atoms with Crippen LogP contribution in [0.15, 0.2) is 279 Å². The Kier molecular flexibility index (Phi) is 9.47. The Balaban J connectivity index is 1.04. The average molecular weight is 903 g/mol. The molecule has 0 amide bonds. The van der Waals surface area contributed by atoms with Gasteiger partial charge in [0.25, 0.3) is 0 Å². The number of hydrogen-bond donors (Lipinski definition) is 0. The molecule has 0 unspecified atom stereocenters. The number of hydrogen-bond acceptors (Lipinski definition) is 2. The van der Waals surface area contributed by atoms with E-state index in [-0.39, 0.29) is 0 Å². The van der Waals surface area contributed by atoms with Crippen LogP contribution in [-0.4, -0.2) is 0 Å². The molecule has 0 bridgehead atoms. The van der Waals surface area contributed by atoms with Gasteiger partial charge in [0.2, 0.25) is 0 Å². The lowest BCUT2D eigenvalue weighted by Crippen LogP contribution is -2.36. The largest absolute Gasteiger partial charge is 0.310 e. The van der Waals surface area contributed by atoms with Crippen LogP contribution in [0.25, 0.3) is 66.1 Å². The Morgan fingerprint density at radius 3 is 1.42 bits per heavy atom. The van der Waals surface area contributed by atoms with Crippen molar-refractivity contribution in [2.24, 2.45) is 0 Å². The highest BCUT2D eigenvalue weighted by Gasteiger charge is 2.52. The third-order valence-electron chi connectivity index (χ3n) is 15.1. The van der Waals surface area contributed by atoms with Crippen LogP contribution in [0.3, 0.4) is 0 Å². The average Bonchev–Trinajstić information content (AvgIpc) is 3.75. The second-order valence-corrected chi connectivity index (χ2v) is 18.7. The minimum atomic E-state index is -0.606. The van der Waals surface area contributed by atoms with Crippen LogP contribution in [0.4, 0.5) is 34.1 Å². The molecule has 0 radical (unpaired) electrons. The molecule has 0 atom stereocenters. The quantitative estimate of drug-likeness (QED) is 0.157. The monoisotopic (exact) mass is 902 g/mol. The van der Waals surface area contributed by atoms with E-state index in [1.807, 2.05) is 0 Å². The van der Waals surface area contributed by atoms with E-state index in [9.17, 15) is 0 Å². The summed E-state index contributed by atoms with van der Waals surface area (Å²) < 4.78 is 0. The van der Waals surface area contributed by atoms with E-state index in [0.29, 0.717) is 0 Å². The van der Waals surface area contributed by atoms with Gasteiger partial charge in [-0.1, -0.05) is 231 Å². The van der Waals surface area contributed by atoms with Crippen LogP contribution in [0, 0.1) is 0 Å². The molecular weight excluding hydrogens is 857 g/mol. The molecule has 1 aliphatic heterocycles. The van der Waals surface area contributed by atoms with Crippen molar-refractivity contribution in [3.8, 4) is 44.5 Å². The molecule has 1 spiro atoms. The van der Waals surface area contributed by atoms with Crippen LogP contribution in [-0.2, 0) is 5.41 Å². The smallest absolute Gasteiger partial charge is 0.0755 e. The van der Waals surface area contributed by atoms with E-state index in [0.717, 1.165) is 28.3 Å². The van der Waals surface area contributed by atoms with Crippen molar-refractivity contribution in [1.82, 2.24) is 0 Å². The van der Waals surface area contributed by atoms with E-state index >= 15 is 0 Å². The lowest BCUT2D eigenvalue weighted by molar-refractivity contribution is 0.752. The Hall–Kier alpha value is -9.24. The van der Waals surface area contributed by atoms with Gasteiger partial charge in [-0.15, -0.1) is 0 Å². The van der Waals surface area contributed by atoms with Crippen molar-refractivity contribution in [1.29, 1.82) is 0 Å². The Labute approximate surface area is 414 Å². The topological polar surface area (TPSA) is 6.48 Å². The van der Waals surface area contributed by atoms with Gasteiger partial charge < -0.3 is 9.80 Å². The predicted octanol–water partition coefficient (Wildman–Crippen LogP) is 18.6. The SMILES string of the molecule is c1ccc(N2c3ccccc3C3(c4ccccc4-c4c(N(c5ccc(-c6cccc7ccccc67)cc5)c5ccccc5-c5ccccc5-c5cccc6ccccc56)cccc43)c3ccccc32)cc1. The Morgan fingerprint density at radius 1 is 0.282 bits per heavy atom. The van der Waals surface area contributed by atoms with Crippen LogP contribution in [0.5, 0.6) is 0 Å². The first-order valence-corrected chi connectivity index (χ1v) is 24.6. The van der Waals surface area contributed by atoms with Crippen molar-refractivity contribution in [2.45, 2.75) is 5.41 Å². The van der Waals surface area contributed by atoms with Gasteiger partial charge in [-0.05, 0) is 126 Å². The van der Waals surface area contributed by atoms with Crippen LogP contribution < -0.4 is 9.80 Å². The normalized spacial score (nSPS) is 12.9. The van der Waals surface area contributed by atoms with E-state index < -0.39 is 5.41 Å². The van der Waals surface area contributed by atoms with Gasteiger partial charge >= 0.3 is 0 Å². The Morgan fingerprint density at radius 2 is 0.732 bits per heavy atom. The van der Waals surface area contributed by atoms with E-state index in [1.54, 1.807) is 0 Å². The Bertz CT molecular complexity index is 3960. The van der Waals surface area contributed by atoms with Crippen molar-refractivity contribution < 1.29 is 0 Å². The van der Waals surface area contributed by atoms with Gasteiger partial charge in [0.15, 0.2) is 0 Å². The lowest BCUT2D eigenvalue weighted by atomic mass is 9.64. The van der Waals surface area contributed by atoms with E-state index in [1.165, 1.54) is 94.1 Å². The summed E-state index contributed by atoms with van der Waals surface area (Å²) >= 11 is 0. The zero-order chi connectivity index (χ0) is 46.9. The summed E-state index contributed by atoms with van der Waals surface area (Å²) in [5, 5.41) is 4.95.